The van der Waals surface area contributed by atoms with E-state index >= 15 is 0 Å². The quantitative estimate of drug-likeness (QED) is 0.830. The fourth-order valence-corrected chi connectivity index (χ4v) is 2.19. The largest absolute Gasteiger partial charge is 0.319 e. The minimum Gasteiger partial charge on any atom is -0.319 e. The Kier molecular flexibility index (Phi) is 8.58. The summed E-state index contributed by atoms with van der Waals surface area (Å²) in [6, 6.07) is 11.6. The molecule has 4 nitrogen and oxygen atoms in total. The lowest BCUT2D eigenvalue weighted by Crippen LogP contribution is -2.12. The maximum absolute atomic E-state index is 10.6. The number of aromatic amines is 1. The van der Waals surface area contributed by atoms with Crippen molar-refractivity contribution in [2.45, 2.75) is 20.8 Å². The lowest BCUT2D eigenvalue weighted by molar-refractivity contribution is 0.112. The van der Waals surface area contributed by atoms with Crippen molar-refractivity contribution in [3.05, 3.63) is 59.9 Å². The highest BCUT2D eigenvalue weighted by molar-refractivity contribution is 5.77. The molecule has 24 heavy (non-hydrogen) atoms. The molecule has 130 valence electrons. The van der Waals surface area contributed by atoms with E-state index in [-0.39, 0.29) is 0 Å². The number of hydrogen-bond acceptors (Lipinski definition) is 2. The van der Waals surface area contributed by atoms with Gasteiger partial charge in [-0.25, -0.2) is 0 Å². The number of aromatic nitrogens is 2. The van der Waals surface area contributed by atoms with Crippen LogP contribution in [0.5, 0.6) is 0 Å². The zero-order chi connectivity index (χ0) is 17.9. The van der Waals surface area contributed by atoms with Crippen LogP contribution >= 0.6 is 0 Å². The van der Waals surface area contributed by atoms with Gasteiger partial charge in [0.2, 0.25) is 0 Å². The summed E-state index contributed by atoms with van der Waals surface area (Å²) >= 11 is 0. The molecule has 0 unspecified atom stereocenters. The van der Waals surface area contributed by atoms with Crippen LogP contribution in [0.4, 0.5) is 0 Å². The van der Waals surface area contributed by atoms with Crippen molar-refractivity contribution in [3.8, 4) is 11.1 Å². The van der Waals surface area contributed by atoms with Gasteiger partial charge in [0.15, 0.2) is 0 Å². The number of aldehydes is 1. The number of aryl methyl sites for hydroxylation is 2. The average Bonchev–Trinajstić information content (AvgIpc) is 2.54. The Morgan fingerprint density at radius 3 is 2.38 bits per heavy atom. The highest BCUT2D eigenvalue weighted by atomic mass is 16.1. The first-order chi connectivity index (χ1) is 11.5. The highest BCUT2D eigenvalue weighted by Crippen LogP contribution is 2.21. The molecule has 1 heterocycles. The first-order valence-corrected chi connectivity index (χ1v) is 8.22. The molecule has 0 spiro atoms. The van der Waals surface area contributed by atoms with Crippen molar-refractivity contribution in [2.24, 2.45) is 13.0 Å². The van der Waals surface area contributed by atoms with Gasteiger partial charge in [-0.15, -0.1) is 0 Å². The van der Waals surface area contributed by atoms with E-state index in [0.29, 0.717) is 5.56 Å². The Balaban J connectivity index is 0.000000413. The molecule has 0 amide bonds. The fourth-order valence-electron chi connectivity index (χ4n) is 2.19. The number of carbonyl (C=O) groups is 1. The Hall–Kier alpha value is -2.33. The number of hydrogen-bond donors (Lipinski definition) is 2. The van der Waals surface area contributed by atoms with Gasteiger partial charge >= 0.3 is 0 Å². The lowest BCUT2D eigenvalue weighted by Gasteiger charge is -2.05. The molecule has 1 aromatic heterocycles. The molecule has 0 aliphatic carbocycles. The molecule has 2 N–H and O–H groups in total. The van der Waals surface area contributed by atoms with E-state index in [4.69, 9.17) is 0 Å². The fraction of sp³-hybridized carbons (Fsp3) is 0.350. The van der Waals surface area contributed by atoms with Crippen LogP contribution in [-0.2, 0) is 7.05 Å². The summed E-state index contributed by atoms with van der Waals surface area (Å²) in [5.41, 5.74) is 4.07. The van der Waals surface area contributed by atoms with E-state index in [9.17, 15) is 4.79 Å². The highest BCUT2D eigenvalue weighted by Gasteiger charge is 2.00. The normalized spacial score (nSPS) is 9.92. The second-order valence-electron chi connectivity index (χ2n) is 6.18. The summed E-state index contributed by atoms with van der Waals surface area (Å²) in [5, 5.41) is 6.23. The van der Waals surface area contributed by atoms with Crippen LogP contribution in [0, 0.1) is 12.8 Å². The van der Waals surface area contributed by atoms with Gasteiger partial charge in [-0.05, 0) is 43.6 Å². The first kappa shape index (κ1) is 19.7. The molecule has 0 fully saturated rings. The lowest BCUT2D eigenvalue weighted by atomic mass is 10.0. The van der Waals surface area contributed by atoms with Crippen LogP contribution in [-0.4, -0.2) is 29.7 Å². The number of benzene rings is 1. The molecule has 2 rings (SSSR count). The summed E-state index contributed by atoms with van der Waals surface area (Å²) in [5.74, 6) is 0.787. The van der Waals surface area contributed by atoms with Gasteiger partial charge in [0, 0.05) is 30.6 Å². The van der Waals surface area contributed by atoms with Crippen molar-refractivity contribution < 1.29 is 4.79 Å². The predicted octanol–water partition coefficient (Wildman–Crippen LogP) is 4.13. The molecule has 0 atom stereocenters. The van der Waals surface area contributed by atoms with Crippen molar-refractivity contribution in [2.75, 3.05) is 13.6 Å². The summed E-state index contributed by atoms with van der Waals surface area (Å²) in [6.07, 6.45) is 4.77. The van der Waals surface area contributed by atoms with Crippen LogP contribution in [0.2, 0.25) is 0 Å². The van der Waals surface area contributed by atoms with Gasteiger partial charge in [-0.2, -0.15) is 0 Å². The van der Waals surface area contributed by atoms with Crippen molar-refractivity contribution in [1.82, 2.24) is 15.1 Å². The van der Waals surface area contributed by atoms with Crippen LogP contribution in [0.1, 0.15) is 29.8 Å². The van der Waals surface area contributed by atoms with Crippen LogP contribution < -0.4 is 5.32 Å². The SMILES string of the molecule is CNCC(C)C.Cc1cccn(C)[nH]cc1-c1ccc(C=O)cc1. The van der Waals surface area contributed by atoms with E-state index in [0.717, 1.165) is 29.9 Å². The topological polar surface area (TPSA) is 49.8 Å². The molecular weight excluding hydrogens is 298 g/mol. The van der Waals surface area contributed by atoms with Crippen molar-refractivity contribution in [3.63, 3.8) is 0 Å². The van der Waals surface area contributed by atoms with E-state index in [1.165, 1.54) is 5.56 Å². The zero-order valence-corrected chi connectivity index (χ0v) is 15.3. The molecule has 0 saturated heterocycles. The summed E-state index contributed by atoms with van der Waals surface area (Å²) < 4.78 is 1.88. The summed E-state index contributed by atoms with van der Waals surface area (Å²) in [4.78, 5) is 10.6. The Bertz CT molecular complexity index is 665. The molecular formula is C20H29N3O. The predicted molar refractivity (Wildman–Crippen MR) is 102 cm³/mol. The average molecular weight is 327 g/mol. The summed E-state index contributed by atoms with van der Waals surface area (Å²) in [7, 11) is 3.91. The number of nitrogens with zero attached hydrogens (tertiary/aromatic N) is 1. The molecule has 0 aliphatic heterocycles. The van der Waals surface area contributed by atoms with Crippen LogP contribution in [0.25, 0.3) is 11.1 Å². The second kappa shape index (κ2) is 10.4. The van der Waals surface area contributed by atoms with Gasteiger partial charge < -0.3 is 10.4 Å². The Morgan fingerprint density at radius 1 is 1.21 bits per heavy atom. The van der Waals surface area contributed by atoms with E-state index in [1.807, 2.05) is 61.5 Å². The maximum atomic E-state index is 10.6. The van der Waals surface area contributed by atoms with Gasteiger partial charge in [0.25, 0.3) is 0 Å². The Morgan fingerprint density at radius 2 is 1.88 bits per heavy atom. The van der Waals surface area contributed by atoms with Gasteiger partial charge in [0.1, 0.15) is 6.29 Å². The first-order valence-electron chi connectivity index (χ1n) is 8.22. The van der Waals surface area contributed by atoms with Crippen LogP contribution in [0.3, 0.4) is 0 Å². The summed E-state index contributed by atoms with van der Waals surface area (Å²) in [6.45, 7) is 7.57. The second-order valence-corrected chi connectivity index (χ2v) is 6.18. The molecule has 0 saturated carbocycles. The van der Waals surface area contributed by atoms with E-state index in [2.05, 4.69) is 37.3 Å². The van der Waals surface area contributed by atoms with E-state index < -0.39 is 0 Å². The zero-order valence-electron chi connectivity index (χ0n) is 15.3. The number of nitrogens with one attached hydrogen (secondary N) is 2. The number of rotatable bonds is 4. The third kappa shape index (κ3) is 6.84. The third-order valence-corrected chi connectivity index (χ3v) is 3.46. The van der Waals surface area contributed by atoms with Crippen molar-refractivity contribution >= 4 is 6.29 Å². The van der Waals surface area contributed by atoms with Crippen LogP contribution in [0.15, 0.2) is 48.8 Å². The third-order valence-electron chi connectivity index (χ3n) is 3.46. The Labute approximate surface area is 145 Å². The number of carbonyl (C=O) groups excluding carboxylic acids is 1. The maximum Gasteiger partial charge on any atom is 0.150 e. The molecule has 1 aromatic carbocycles. The molecule has 2 aromatic rings. The standard InChI is InChI=1S/C15H16N2O.C5H13N/c1-12-4-3-9-17(2)16-10-15(12)14-7-5-13(11-18)6-8-14;1-5(2)4-6-3/h3-11,16H,1-2H3;5-6H,4H2,1-3H3. The minimum atomic E-state index is 0.691. The van der Waals surface area contributed by atoms with Gasteiger partial charge in [0.05, 0.1) is 0 Å². The molecule has 0 aliphatic rings. The molecule has 0 bridgehead atoms. The van der Waals surface area contributed by atoms with Gasteiger partial charge in [-0.1, -0.05) is 44.2 Å². The monoisotopic (exact) mass is 327 g/mol. The molecule has 0 radical (unpaired) electrons. The van der Waals surface area contributed by atoms with Crippen molar-refractivity contribution in [1.29, 1.82) is 0 Å². The smallest absolute Gasteiger partial charge is 0.150 e. The van der Waals surface area contributed by atoms with Gasteiger partial charge in [-0.3, -0.25) is 9.48 Å². The number of H-pyrrole nitrogens is 1. The van der Waals surface area contributed by atoms with E-state index in [1.54, 1.807) is 0 Å². The molecule has 4 heteroatoms. The minimum absolute atomic E-state index is 0.691.